The van der Waals surface area contributed by atoms with Crippen LogP contribution in [0.1, 0.15) is 11.1 Å². The van der Waals surface area contributed by atoms with E-state index in [-0.39, 0.29) is 0 Å². The molecule has 5 nitrogen and oxygen atoms in total. The summed E-state index contributed by atoms with van der Waals surface area (Å²) in [6.45, 7) is 4.77. The number of nitrogens with zero attached hydrogens (tertiary/aromatic N) is 2. The third-order valence-corrected chi connectivity index (χ3v) is 3.65. The maximum atomic E-state index is 12.6. The first-order valence-electron chi connectivity index (χ1n) is 7.49. The summed E-state index contributed by atoms with van der Waals surface area (Å²) in [5.41, 5.74) is 2.22. The number of hydrogen-bond acceptors (Lipinski definition) is 4. The van der Waals surface area contributed by atoms with Crippen LogP contribution >= 0.6 is 12.2 Å². The van der Waals surface area contributed by atoms with Gasteiger partial charge in [0, 0.05) is 26.2 Å². The average molecular weight is 360 g/mol. The fourth-order valence-corrected chi connectivity index (χ4v) is 2.31. The molecular weight excluding hydrogens is 341 g/mol. The Morgan fingerprint density at radius 2 is 2.08 bits per heavy atom. The Hall–Kier alpha value is -1.71. The second kappa shape index (κ2) is 8.95. The number of morpholine rings is 1. The molecule has 1 heterocycles. The summed E-state index contributed by atoms with van der Waals surface area (Å²) in [6, 6.07) is 4.92. The molecule has 9 heteroatoms. The highest BCUT2D eigenvalue weighted by molar-refractivity contribution is 7.80. The predicted molar refractivity (Wildman–Crippen MR) is 90.0 cm³/mol. The quantitative estimate of drug-likeness (QED) is 0.477. The monoisotopic (exact) mass is 360 g/mol. The molecule has 0 spiro atoms. The third-order valence-electron chi connectivity index (χ3n) is 3.41. The van der Waals surface area contributed by atoms with Crippen LogP contribution in [0.25, 0.3) is 0 Å². The molecule has 1 aliphatic rings. The van der Waals surface area contributed by atoms with Crippen LogP contribution in [0, 0.1) is 0 Å². The van der Waals surface area contributed by atoms with Gasteiger partial charge in [0.05, 0.1) is 25.0 Å². The van der Waals surface area contributed by atoms with E-state index in [0.717, 1.165) is 45.0 Å². The molecule has 24 heavy (non-hydrogen) atoms. The lowest BCUT2D eigenvalue weighted by atomic mass is 10.1. The molecule has 0 saturated carbocycles. The highest BCUT2D eigenvalue weighted by Crippen LogP contribution is 2.29. The molecular formula is C15H19F3N4OS. The topological polar surface area (TPSA) is 48.9 Å². The van der Waals surface area contributed by atoms with Crippen molar-refractivity contribution >= 4 is 23.5 Å². The third kappa shape index (κ3) is 6.42. The Kier molecular flexibility index (Phi) is 6.95. The molecule has 0 atom stereocenters. The molecule has 0 aromatic heterocycles. The van der Waals surface area contributed by atoms with Crippen molar-refractivity contribution in [1.29, 1.82) is 0 Å². The molecule has 1 aromatic rings. The Labute approximate surface area is 143 Å². The van der Waals surface area contributed by atoms with Crippen molar-refractivity contribution in [3.8, 4) is 0 Å². The second-order valence-electron chi connectivity index (χ2n) is 5.20. The summed E-state index contributed by atoms with van der Waals surface area (Å²) in [7, 11) is 0. The number of halogens is 3. The highest BCUT2D eigenvalue weighted by atomic mass is 32.1. The van der Waals surface area contributed by atoms with Gasteiger partial charge in [-0.15, -0.1) is 0 Å². The molecule has 1 aromatic carbocycles. The first-order valence-corrected chi connectivity index (χ1v) is 7.90. The van der Waals surface area contributed by atoms with E-state index in [1.165, 1.54) is 18.3 Å². The van der Waals surface area contributed by atoms with Crippen LogP contribution in [0.15, 0.2) is 29.4 Å². The lowest BCUT2D eigenvalue weighted by Gasteiger charge is -2.26. The second-order valence-corrected chi connectivity index (χ2v) is 5.61. The fourth-order valence-electron chi connectivity index (χ4n) is 2.15. The fraction of sp³-hybridized carbons (Fsp3) is 0.467. The average Bonchev–Trinajstić information content (AvgIpc) is 2.55. The van der Waals surface area contributed by atoms with E-state index in [2.05, 4.69) is 20.7 Å². The minimum absolute atomic E-state index is 0.325. The molecule has 132 valence electrons. The van der Waals surface area contributed by atoms with Crippen molar-refractivity contribution in [2.24, 2.45) is 5.10 Å². The zero-order valence-electron chi connectivity index (χ0n) is 13.0. The molecule has 0 unspecified atom stereocenters. The molecule has 0 bridgehead atoms. The number of alkyl halides is 3. The van der Waals surface area contributed by atoms with Gasteiger partial charge in [0.1, 0.15) is 0 Å². The van der Waals surface area contributed by atoms with Crippen LogP contribution in [-0.2, 0) is 10.9 Å². The lowest BCUT2D eigenvalue weighted by Crippen LogP contribution is -2.42. The van der Waals surface area contributed by atoms with Gasteiger partial charge in [0.25, 0.3) is 0 Å². The van der Waals surface area contributed by atoms with Gasteiger partial charge in [0.15, 0.2) is 5.11 Å². The van der Waals surface area contributed by atoms with E-state index < -0.39 is 11.7 Å². The zero-order valence-corrected chi connectivity index (χ0v) is 13.8. The maximum Gasteiger partial charge on any atom is 0.416 e. The molecule has 2 rings (SSSR count). The number of nitrogens with one attached hydrogen (secondary N) is 2. The predicted octanol–water partition coefficient (Wildman–Crippen LogP) is 1.84. The van der Waals surface area contributed by atoms with Crippen molar-refractivity contribution in [3.63, 3.8) is 0 Å². The van der Waals surface area contributed by atoms with Crippen LogP contribution in [0.5, 0.6) is 0 Å². The summed E-state index contributed by atoms with van der Waals surface area (Å²) in [5, 5.41) is 7.17. The van der Waals surface area contributed by atoms with Crippen LogP contribution < -0.4 is 10.7 Å². The summed E-state index contributed by atoms with van der Waals surface area (Å²) in [4.78, 5) is 2.25. The van der Waals surface area contributed by atoms with E-state index in [4.69, 9.17) is 17.0 Å². The standard InChI is InChI=1S/C15H19F3N4OS/c16-15(17,18)13-3-1-2-12(10-13)11-20-21-14(24)19-4-5-22-6-8-23-9-7-22/h1-3,10-11H,4-9H2,(H2,19,21,24)/b20-11-. The van der Waals surface area contributed by atoms with Gasteiger partial charge in [0.2, 0.25) is 0 Å². The van der Waals surface area contributed by atoms with Crippen molar-refractivity contribution in [3.05, 3.63) is 35.4 Å². The normalized spacial score (nSPS) is 16.3. The molecule has 1 fully saturated rings. The van der Waals surface area contributed by atoms with E-state index in [1.807, 2.05) is 0 Å². The van der Waals surface area contributed by atoms with Crippen LogP contribution in [-0.4, -0.2) is 55.6 Å². The molecule has 1 aliphatic heterocycles. The Morgan fingerprint density at radius 3 is 2.79 bits per heavy atom. The Morgan fingerprint density at radius 1 is 1.33 bits per heavy atom. The van der Waals surface area contributed by atoms with Crippen molar-refractivity contribution in [1.82, 2.24) is 15.6 Å². The summed E-state index contributed by atoms with van der Waals surface area (Å²) >= 11 is 5.06. The number of ether oxygens (including phenoxy) is 1. The van der Waals surface area contributed by atoms with Crippen molar-refractivity contribution in [2.75, 3.05) is 39.4 Å². The van der Waals surface area contributed by atoms with Crippen molar-refractivity contribution in [2.45, 2.75) is 6.18 Å². The number of hydrogen-bond donors (Lipinski definition) is 2. The van der Waals surface area contributed by atoms with Gasteiger partial charge in [-0.05, 0) is 29.9 Å². The largest absolute Gasteiger partial charge is 0.416 e. The molecule has 0 aliphatic carbocycles. The lowest BCUT2D eigenvalue weighted by molar-refractivity contribution is -0.137. The first kappa shape index (κ1) is 18.6. The van der Waals surface area contributed by atoms with E-state index in [9.17, 15) is 13.2 Å². The molecule has 0 radical (unpaired) electrons. The summed E-state index contributed by atoms with van der Waals surface area (Å²) in [5.74, 6) is 0. The molecule has 2 N–H and O–H groups in total. The Balaban J connectivity index is 1.72. The van der Waals surface area contributed by atoms with Crippen LogP contribution in [0.3, 0.4) is 0 Å². The van der Waals surface area contributed by atoms with Gasteiger partial charge in [-0.1, -0.05) is 12.1 Å². The van der Waals surface area contributed by atoms with Crippen LogP contribution in [0.2, 0.25) is 0 Å². The van der Waals surface area contributed by atoms with Gasteiger partial charge in [-0.3, -0.25) is 10.3 Å². The summed E-state index contributed by atoms with van der Waals surface area (Å²) < 4.78 is 43.1. The maximum absolute atomic E-state index is 12.6. The van der Waals surface area contributed by atoms with E-state index >= 15 is 0 Å². The first-order chi connectivity index (χ1) is 11.4. The van der Waals surface area contributed by atoms with Gasteiger partial charge < -0.3 is 10.1 Å². The highest BCUT2D eigenvalue weighted by Gasteiger charge is 2.30. The van der Waals surface area contributed by atoms with E-state index in [0.29, 0.717) is 17.2 Å². The van der Waals surface area contributed by atoms with Crippen LogP contribution in [0.4, 0.5) is 13.2 Å². The minimum Gasteiger partial charge on any atom is -0.379 e. The number of benzene rings is 1. The molecule has 0 amide bonds. The SMILES string of the molecule is FC(F)(F)c1cccc(/C=N\NC(=S)NCCN2CCOCC2)c1. The van der Waals surface area contributed by atoms with Crippen molar-refractivity contribution < 1.29 is 17.9 Å². The summed E-state index contributed by atoms with van der Waals surface area (Å²) in [6.07, 6.45) is -3.07. The smallest absolute Gasteiger partial charge is 0.379 e. The number of thiocarbonyl (C=S) groups is 1. The van der Waals surface area contributed by atoms with E-state index in [1.54, 1.807) is 0 Å². The zero-order chi connectivity index (χ0) is 17.4. The van der Waals surface area contributed by atoms with Gasteiger partial charge in [-0.25, -0.2) is 0 Å². The van der Waals surface area contributed by atoms with Gasteiger partial charge in [-0.2, -0.15) is 18.3 Å². The number of rotatable bonds is 5. The van der Waals surface area contributed by atoms with Gasteiger partial charge >= 0.3 is 6.18 Å². The Bertz CT molecular complexity index is 574. The number of hydrazone groups is 1. The molecule has 1 saturated heterocycles. The minimum atomic E-state index is -4.37.